The molecular formula is C22H22O2. The number of ether oxygens (including phenoxy) is 1. The maximum absolute atomic E-state index is 12.5. The van der Waals surface area contributed by atoms with Crippen molar-refractivity contribution in [2.24, 2.45) is 0 Å². The molecule has 3 aromatic carbocycles. The van der Waals surface area contributed by atoms with Crippen LogP contribution >= 0.6 is 0 Å². The van der Waals surface area contributed by atoms with Gasteiger partial charge in [-0.05, 0) is 47.9 Å². The van der Waals surface area contributed by atoms with Crippen LogP contribution in [0.5, 0.6) is 5.75 Å². The second-order valence-corrected chi connectivity index (χ2v) is 6.21. The van der Waals surface area contributed by atoms with Gasteiger partial charge < -0.3 is 4.74 Å². The van der Waals surface area contributed by atoms with Gasteiger partial charge in [-0.1, -0.05) is 62.4 Å². The van der Waals surface area contributed by atoms with Crippen LogP contribution in [0, 0.1) is 6.92 Å². The fourth-order valence-corrected chi connectivity index (χ4v) is 2.99. The van der Waals surface area contributed by atoms with Gasteiger partial charge in [0.05, 0.1) is 5.56 Å². The number of rotatable bonds is 4. The molecule has 1 unspecified atom stereocenters. The number of fused-ring (bicyclic) bond motifs is 1. The van der Waals surface area contributed by atoms with E-state index in [1.165, 1.54) is 5.56 Å². The lowest BCUT2D eigenvalue weighted by Crippen LogP contribution is -2.10. The topological polar surface area (TPSA) is 26.3 Å². The minimum Gasteiger partial charge on any atom is -0.422 e. The summed E-state index contributed by atoms with van der Waals surface area (Å²) in [5, 5.41) is 2.14. The summed E-state index contributed by atoms with van der Waals surface area (Å²) >= 11 is 0. The molecule has 3 rings (SSSR count). The standard InChI is InChI=1S/C22H22O2/c1-4-15(2)17-13-14-21(20-12-8-7-11-19(17)20)24-22(23)18-10-6-5-9-16(18)3/h5-15H,4H2,1-3H3. The molecule has 1 atom stereocenters. The Hall–Kier alpha value is -2.61. The lowest BCUT2D eigenvalue weighted by Gasteiger charge is -2.15. The van der Waals surface area contributed by atoms with Crippen molar-refractivity contribution in [2.75, 3.05) is 0 Å². The van der Waals surface area contributed by atoms with Crippen molar-refractivity contribution >= 4 is 16.7 Å². The number of aryl methyl sites for hydroxylation is 1. The zero-order valence-electron chi connectivity index (χ0n) is 14.4. The zero-order valence-corrected chi connectivity index (χ0v) is 14.4. The first kappa shape index (κ1) is 16.3. The van der Waals surface area contributed by atoms with Gasteiger partial charge in [-0.15, -0.1) is 0 Å². The van der Waals surface area contributed by atoms with Crippen molar-refractivity contribution < 1.29 is 9.53 Å². The van der Waals surface area contributed by atoms with Crippen LogP contribution in [0.1, 0.15) is 47.7 Å². The van der Waals surface area contributed by atoms with E-state index in [0.29, 0.717) is 17.2 Å². The molecule has 0 amide bonds. The summed E-state index contributed by atoms with van der Waals surface area (Å²) in [6.45, 7) is 6.33. The molecular weight excluding hydrogens is 296 g/mol. The van der Waals surface area contributed by atoms with Crippen molar-refractivity contribution in [1.82, 2.24) is 0 Å². The predicted molar refractivity (Wildman–Crippen MR) is 98.8 cm³/mol. The van der Waals surface area contributed by atoms with E-state index >= 15 is 0 Å². The lowest BCUT2D eigenvalue weighted by molar-refractivity contribution is 0.0736. The average molecular weight is 318 g/mol. The second-order valence-electron chi connectivity index (χ2n) is 6.21. The molecule has 0 saturated carbocycles. The zero-order chi connectivity index (χ0) is 17.1. The average Bonchev–Trinajstić information content (AvgIpc) is 2.61. The van der Waals surface area contributed by atoms with E-state index in [0.717, 1.165) is 22.8 Å². The second kappa shape index (κ2) is 6.88. The number of carbonyl (C=O) groups excluding carboxylic acids is 1. The van der Waals surface area contributed by atoms with Gasteiger partial charge in [0.25, 0.3) is 0 Å². The maximum atomic E-state index is 12.5. The number of hydrogen-bond donors (Lipinski definition) is 0. The summed E-state index contributed by atoms with van der Waals surface area (Å²) in [6.07, 6.45) is 1.08. The van der Waals surface area contributed by atoms with Crippen molar-refractivity contribution in [3.8, 4) is 5.75 Å². The van der Waals surface area contributed by atoms with Gasteiger partial charge in [0.15, 0.2) is 0 Å². The molecule has 0 N–H and O–H groups in total. The maximum Gasteiger partial charge on any atom is 0.343 e. The number of esters is 1. The fourth-order valence-electron chi connectivity index (χ4n) is 2.99. The highest BCUT2D eigenvalue weighted by Gasteiger charge is 2.15. The van der Waals surface area contributed by atoms with Gasteiger partial charge in [0.1, 0.15) is 5.75 Å². The summed E-state index contributed by atoms with van der Waals surface area (Å²) in [4.78, 5) is 12.5. The van der Waals surface area contributed by atoms with Gasteiger partial charge in [0, 0.05) is 5.39 Å². The van der Waals surface area contributed by atoms with Crippen LogP contribution in [-0.4, -0.2) is 5.97 Å². The minimum absolute atomic E-state index is 0.311. The van der Waals surface area contributed by atoms with Crippen molar-refractivity contribution in [3.63, 3.8) is 0 Å². The Morgan fingerprint density at radius 3 is 2.33 bits per heavy atom. The number of carbonyl (C=O) groups is 1. The first-order chi connectivity index (χ1) is 11.6. The molecule has 0 aliphatic heterocycles. The Morgan fingerprint density at radius 2 is 1.62 bits per heavy atom. The predicted octanol–water partition coefficient (Wildman–Crippen LogP) is 5.88. The third-order valence-electron chi connectivity index (χ3n) is 4.63. The fraction of sp³-hybridized carbons (Fsp3) is 0.227. The summed E-state index contributed by atoms with van der Waals surface area (Å²) in [6, 6.07) is 19.6. The van der Waals surface area contributed by atoms with E-state index in [-0.39, 0.29) is 5.97 Å². The first-order valence-electron chi connectivity index (χ1n) is 8.41. The van der Waals surface area contributed by atoms with Gasteiger partial charge in [-0.25, -0.2) is 4.79 Å². The van der Waals surface area contributed by atoms with Crippen LogP contribution in [0.15, 0.2) is 60.7 Å². The molecule has 2 nitrogen and oxygen atoms in total. The molecule has 24 heavy (non-hydrogen) atoms. The Bertz CT molecular complexity index is 880. The third kappa shape index (κ3) is 3.05. The van der Waals surface area contributed by atoms with Crippen molar-refractivity contribution in [1.29, 1.82) is 0 Å². The molecule has 0 bridgehead atoms. The van der Waals surface area contributed by atoms with Crippen LogP contribution in [0.2, 0.25) is 0 Å². The summed E-state index contributed by atoms with van der Waals surface area (Å²) < 4.78 is 5.72. The molecule has 0 radical (unpaired) electrons. The van der Waals surface area contributed by atoms with Gasteiger partial charge in [-0.2, -0.15) is 0 Å². The molecule has 0 heterocycles. The molecule has 0 aromatic heterocycles. The largest absolute Gasteiger partial charge is 0.422 e. The molecule has 0 aliphatic rings. The third-order valence-corrected chi connectivity index (χ3v) is 4.63. The van der Waals surface area contributed by atoms with Gasteiger partial charge in [0.2, 0.25) is 0 Å². The molecule has 0 spiro atoms. The van der Waals surface area contributed by atoms with E-state index in [2.05, 4.69) is 26.0 Å². The molecule has 2 heteroatoms. The molecule has 0 aliphatic carbocycles. The molecule has 122 valence electrons. The van der Waals surface area contributed by atoms with Crippen LogP contribution in [0.4, 0.5) is 0 Å². The highest BCUT2D eigenvalue weighted by atomic mass is 16.5. The Labute approximate surface area is 143 Å². The van der Waals surface area contributed by atoms with Crippen molar-refractivity contribution in [3.05, 3.63) is 77.4 Å². The smallest absolute Gasteiger partial charge is 0.343 e. The molecule has 0 saturated heterocycles. The SMILES string of the molecule is CCC(C)c1ccc(OC(=O)c2ccccc2C)c2ccccc12. The highest BCUT2D eigenvalue weighted by molar-refractivity contribution is 5.97. The Kier molecular flexibility index (Phi) is 4.66. The van der Waals surface area contributed by atoms with Crippen LogP contribution in [0.3, 0.4) is 0 Å². The molecule has 3 aromatic rings. The van der Waals surface area contributed by atoms with E-state index in [9.17, 15) is 4.79 Å². The quantitative estimate of drug-likeness (QED) is 0.443. The Balaban J connectivity index is 2.02. The monoisotopic (exact) mass is 318 g/mol. The van der Waals surface area contributed by atoms with Crippen LogP contribution in [0.25, 0.3) is 10.8 Å². The minimum atomic E-state index is -0.311. The first-order valence-corrected chi connectivity index (χ1v) is 8.41. The summed E-state index contributed by atoms with van der Waals surface area (Å²) in [5.41, 5.74) is 2.82. The normalized spacial score (nSPS) is 12.1. The van der Waals surface area contributed by atoms with Gasteiger partial charge in [-0.3, -0.25) is 0 Å². The van der Waals surface area contributed by atoms with E-state index in [4.69, 9.17) is 4.74 Å². The Morgan fingerprint density at radius 1 is 0.958 bits per heavy atom. The van der Waals surface area contributed by atoms with E-state index in [1.54, 1.807) is 6.07 Å². The number of benzene rings is 3. The van der Waals surface area contributed by atoms with E-state index in [1.807, 2.05) is 49.4 Å². The van der Waals surface area contributed by atoms with Crippen molar-refractivity contribution in [2.45, 2.75) is 33.1 Å². The van der Waals surface area contributed by atoms with Crippen LogP contribution in [-0.2, 0) is 0 Å². The highest BCUT2D eigenvalue weighted by Crippen LogP contribution is 2.33. The summed E-state index contributed by atoms with van der Waals surface area (Å²) in [5.74, 6) is 0.775. The lowest BCUT2D eigenvalue weighted by atomic mass is 9.92. The van der Waals surface area contributed by atoms with E-state index < -0.39 is 0 Å². The van der Waals surface area contributed by atoms with Crippen LogP contribution < -0.4 is 4.74 Å². The number of hydrogen-bond acceptors (Lipinski definition) is 2. The summed E-state index contributed by atoms with van der Waals surface area (Å²) in [7, 11) is 0. The van der Waals surface area contributed by atoms with Gasteiger partial charge >= 0.3 is 5.97 Å². The molecule has 0 fully saturated rings.